The molecule has 0 atom stereocenters. The first-order valence-electron chi connectivity index (χ1n) is 4.74. The van der Waals surface area contributed by atoms with Crippen LogP contribution in [0.15, 0.2) is 0 Å². The van der Waals surface area contributed by atoms with E-state index >= 15 is 0 Å². The molecule has 0 saturated carbocycles. The normalized spacial score (nSPS) is 10.2. The Morgan fingerprint density at radius 2 is 1.08 bits per heavy atom. The minimum absolute atomic E-state index is 1.28. The van der Waals surface area contributed by atoms with Gasteiger partial charge in [-0.15, -0.1) is 0 Å². The fraction of sp³-hybridized carbons (Fsp3) is 1.00. The van der Waals surface area contributed by atoms with Gasteiger partial charge in [-0.25, -0.2) is 0 Å². The molecule has 0 aromatic carbocycles. The van der Waals surface area contributed by atoms with Gasteiger partial charge in [-0.05, 0) is 27.7 Å². The third-order valence-corrected chi connectivity index (χ3v) is 2.68. The van der Waals surface area contributed by atoms with Crippen LogP contribution in [0.4, 0.5) is 0 Å². The Balaban J connectivity index is 0. The molecular formula is C8H22NO3Si+. The zero-order chi connectivity index (χ0) is 10.9. The van der Waals surface area contributed by atoms with E-state index in [4.69, 9.17) is 14.1 Å². The molecule has 0 spiro atoms. The molecular weight excluding hydrogens is 186 g/mol. The molecule has 0 aromatic heterocycles. The minimum atomic E-state index is -3.13. The van der Waals surface area contributed by atoms with Gasteiger partial charge in [0.15, 0.2) is 0 Å². The van der Waals surface area contributed by atoms with E-state index in [0.717, 1.165) is 0 Å². The maximum atomic E-state index is 8.74. The Morgan fingerprint density at radius 1 is 0.923 bits per heavy atom. The lowest BCUT2D eigenvalue weighted by Crippen LogP contribution is -2.47. The van der Waals surface area contributed by atoms with Gasteiger partial charge >= 0.3 is 9.17 Å². The van der Waals surface area contributed by atoms with Crippen LogP contribution in [0.25, 0.3) is 0 Å². The van der Waals surface area contributed by atoms with Crippen LogP contribution in [0, 0.1) is 0 Å². The molecule has 2 N–H and O–H groups in total. The van der Waals surface area contributed by atoms with Crippen LogP contribution in [0.2, 0.25) is 0 Å². The van der Waals surface area contributed by atoms with E-state index in [2.05, 4.69) is 27.7 Å². The SMILES string of the molecule is CC[N+](CC)(CC)CC.O=[Si](O)O. The van der Waals surface area contributed by atoms with Gasteiger partial charge in [-0.3, -0.25) is 4.46 Å². The topological polar surface area (TPSA) is 57.5 Å². The van der Waals surface area contributed by atoms with Crippen molar-refractivity contribution in [3.63, 3.8) is 0 Å². The smallest absolute Gasteiger partial charge is 0.511 e. The molecule has 5 heteroatoms. The van der Waals surface area contributed by atoms with Gasteiger partial charge in [0.05, 0.1) is 26.2 Å². The molecule has 0 amide bonds. The maximum Gasteiger partial charge on any atom is 0.761 e. The lowest BCUT2D eigenvalue weighted by Gasteiger charge is -2.34. The molecule has 0 aliphatic rings. The molecule has 0 unspecified atom stereocenters. The quantitative estimate of drug-likeness (QED) is 0.515. The van der Waals surface area contributed by atoms with Crippen LogP contribution >= 0.6 is 0 Å². The largest absolute Gasteiger partial charge is 0.761 e. The second kappa shape index (κ2) is 8.19. The van der Waals surface area contributed by atoms with Crippen LogP contribution in [-0.4, -0.2) is 49.4 Å². The number of nitrogens with zero attached hydrogens (tertiary/aromatic N) is 1. The van der Waals surface area contributed by atoms with Gasteiger partial charge in [0.1, 0.15) is 0 Å². The van der Waals surface area contributed by atoms with Gasteiger partial charge in [0.2, 0.25) is 0 Å². The summed E-state index contributed by atoms with van der Waals surface area (Å²) in [7, 11) is -3.13. The van der Waals surface area contributed by atoms with Crippen molar-refractivity contribution in [3.05, 3.63) is 0 Å². The van der Waals surface area contributed by atoms with Gasteiger partial charge in [0.25, 0.3) is 0 Å². The van der Waals surface area contributed by atoms with Crippen molar-refractivity contribution in [2.75, 3.05) is 26.2 Å². The van der Waals surface area contributed by atoms with Crippen LogP contribution in [0.5, 0.6) is 0 Å². The third kappa shape index (κ3) is 7.92. The predicted octanol–water partition coefficient (Wildman–Crippen LogP) is 0.269. The van der Waals surface area contributed by atoms with Crippen molar-refractivity contribution in [2.24, 2.45) is 0 Å². The predicted molar refractivity (Wildman–Crippen MR) is 53.3 cm³/mol. The van der Waals surface area contributed by atoms with Crippen molar-refractivity contribution < 1.29 is 18.5 Å². The molecule has 13 heavy (non-hydrogen) atoms. The molecule has 80 valence electrons. The molecule has 0 rings (SSSR count). The first-order valence-corrected chi connectivity index (χ1v) is 6.05. The first-order chi connectivity index (χ1) is 5.97. The lowest BCUT2D eigenvalue weighted by molar-refractivity contribution is -0.921. The lowest BCUT2D eigenvalue weighted by atomic mass is 10.3. The van der Waals surface area contributed by atoms with Gasteiger partial charge in [-0.1, -0.05) is 0 Å². The fourth-order valence-corrected chi connectivity index (χ4v) is 1.34. The third-order valence-electron chi connectivity index (χ3n) is 2.68. The highest BCUT2D eigenvalue weighted by Crippen LogP contribution is 2.03. The maximum absolute atomic E-state index is 8.74. The molecule has 4 nitrogen and oxygen atoms in total. The number of quaternary nitrogens is 1. The van der Waals surface area contributed by atoms with Gasteiger partial charge in [0, 0.05) is 0 Å². The Labute approximate surface area is 82.3 Å². The summed E-state index contributed by atoms with van der Waals surface area (Å²) in [4.78, 5) is 14.3. The summed E-state index contributed by atoms with van der Waals surface area (Å²) in [5.41, 5.74) is 0. The number of hydrogen-bond acceptors (Lipinski definition) is 1. The first kappa shape index (κ1) is 15.1. The zero-order valence-electron chi connectivity index (χ0n) is 9.08. The summed E-state index contributed by atoms with van der Waals surface area (Å²) in [6.45, 7) is 14.2. The molecule has 0 fully saturated rings. The molecule has 0 bridgehead atoms. The van der Waals surface area contributed by atoms with E-state index in [1.54, 1.807) is 0 Å². The fourth-order valence-electron chi connectivity index (χ4n) is 1.34. The highest BCUT2D eigenvalue weighted by atomic mass is 28.3. The summed E-state index contributed by atoms with van der Waals surface area (Å²) in [5.74, 6) is 0. The molecule has 0 heterocycles. The standard InChI is InChI=1S/C8H20N.H2O3Si/c1-5-9(6-2,7-3)8-4;1-4(2)3/h5-8H2,1-4H3;1-2H/q+1;. The van der Waals surface area contributed by atoms with Gasteiger partial charge < -0.3 is 14.1 Å². The van der Waals surface area contributed by atoms with Crippen LogP contribution in [0.1, 0.15) is 27.7 Å². The van der Waals surface area contributed by atoms with E-state index in [9.17, 15) is 0 Å². The Bertz CT molecular complexity index is 116. The second-order valence-electron chi connectivity index (χ2n) is 2.89. The van der Waals surface area contributed by atoms with E-state index in [-0.39, 0.29) is 0 Å². The van der Waals surface area contributed by atoms with Crippen LogP contribution in [-0.2, 0) is 4.46 Å². The van der Waals surface area contributed by atoms with Crippen LogP contribution in [0.3, 0.4) is 0 Å². The van der Waals surface area contributed by atoms with Crippen molar-refractivity contribution in [1.82, 2.24) is 0 Å². The highest BCUT2D eigenvalue weighted by molar-refractivity contribution is 6.22. The molecule has 0 radical (unpaired) electrons. The average Bonchev–Trinajstić information content (AvgIpc) is 2.09. The molecule has 0 aromatic rings. The van der Waals surface area contributed by atoms with Crippen molar-refractivity contribution in [3.8, 4) is 0 Å². The number of rotatable bonds is 4. The van der Waals surface area contributed by atoms with Crippen molar-refractivity contribution >= 4 is 9.17 Å². The minimum Gasteiger partial charge on any atom is -0.511 e. The Morgan fingerprint density at radius 3 is 1.08 bits per heavy atom. The summed E-state index contributed by atoms with van der Waals surface area (Å²) < 4.78 is 10.0. The Hall–Kier alpha value is -0.423. The van der Waals surface area contributed by atoms with E-state index in [1.165, 1.54) is 30.7 Å². The van der Waals surface area contributed by atoms with Gasteiger partial charge in [-0.2, -0.15) is 0 Å². The zero-order valence-corrected chi connectivity index (χ0v) is 10.1. The highest BCUT2D eigenvalue weighted by Gasteiger charge is 2.16. The molecule has 0 aliphatic heterocycles. The Kier molecular flexibility index (Phi) is 9.49. The van der Waals surface area contributed by atoms with Crippen molar-refractivity contribution in [2.45, 2.75) is 27.7 Å². The summed E-state index contributed by atoms with van der Waals surface area (Å²) in [6, 6.07) is 0. The van der Waals surface area contributed by atoms with Crippen molar-refractivity contribution in [1.29, 1.82) is 0 Å². The van der Waals surface area contributed by atoms with E-state index < -0.39 is 9.17 Å². The molecule has 0 saturated heterocycles. The number of hydrogen-bond donors (Lipinski definition) is 2. The summed E-state index contributed by atoms with van der Waals surface area (Å²) in [6.07, 6.45) is 0. The summed E-state index contributed by atoms with van der Waals surface area (Å²) >= 11 is 0. The van der Waals surface area contributed by atoms with E-state index in [1.807, 2.05) is 0 Å². The van der Waals surface area contributed by atoms with Crippen LogP contribution < -0.4 is 0 Å². The monoisotopic (exact) mass is 208 g/mol. The molecule has 0 aliphatic carbocycles. The average molecular weight is 208 g/mol. The second-order valence-corrected chi connectivity index (χ2v) is 3.45. The van der Waals surface area contributed by atoms with E-state index in [0.29, 0.717) is 0 Å². The summed E-state index contributed by atoms with van der Waals surface area (Å²) in [5, 5.41) is 0.